The zero-order chi connectivity index (χ0) is 14.7. The van der Waals surface area contributed by atoms with Crippen LogP contribution >= 0.6 is 34.8 Å². The summed E-state index contributed by atoms with van der Waals surface area (Å²) >= 11 is 18.0. The molecule has 0 amide bonds. The van der Waals surface area contributed by atoms with Crippen LogP contribution in [0.3, 0.4) is 0 Å². The topological polar surface area (TPSA) is 37.3 Å². The van der Waals surface area contributed by atoms with Gasteiger partial charge >= 0.3 is 5.97 Å². The fraction of sp³-hybridized carbons (Fsp3) is 0.133. The molecule has 0 aliphatic rings. The van der Waals surface area contributed by atoms with Crippen LogP contribution in [0.15, 0.2) is 42.5 Å². The molecule has 104 valence electrons. The molecule has 0 heterocycles. The first-order valence-corrected chi connectivity index (χ1v) is 7.03. The van der Waals surface area contributed by atoms with Gasteiger partial charge in [0.05, 0.1) is 5.92 Å². The van der Waals surface area contributed by atoms with Crippen molar-refractivity contribution in [1.82, 2.24) is 0 Å². The summed E-state index contributed by atoms with van der Waals surface area (Å²) < 4.78 is 0. The van der Waals surface area contributed by atoms with Crippen molar-refractivity contribution in [2.75, 3.05) is 0 Å². The number of carboxylic acids is 1. The summed E-state index contributed by atoms with van der Waals surface area (Å²) in [4.78, 5) is 11.5. The molecule has 0 radical (unpaired) electrons. The summed E-state index contributed by atoms with van der Waals surface area (Å²) in [6.45, 7) is 0. The van der Waals surface area contributed by atoms with Gasteiger partial charge in [0.25, 0.3) is 0 Å². The maximum Gasteiger partial charge on any atom is 0.311 e. The number of carboxylic acid groups (broad SMARTS) is 1. The monoisotopic (exact) mass is 328 g/mol. The first kappa shape index (κ1) is 15.2. The van der Waals surface area contributed by atoms with Gasteiger partial charge in [0, 0.05) is 20.6 Å². The highest BCUT2D eigenvalue weighted by atomic mass is 35.5. The van der Waals surface area contributed by atoms with Crippen molar-refractivity contribution >= 4 is 40.8 Å². The molecule has 2 nitrogen and oxygen atoms in total. The third-order valence-electron chi connectivity index (χ3n) is 3.00. The molecule has 1 atom stereocenters. The highest BCUT2D eigenvalue weighted by Gasteiger charge is 2.25. The Kier molecular flexibility index (Phi) is 4.92. The van der Waals surface area contributed by atoms with Gasteiger partial charge in [0.2, 0.25) is 0 Å². The van der Waals surface area contributed by atoms with E-state index in [0.29, 0.717) is 27.1 Å². The number of hydrogen-bond donors (Lipinski definition) is 1. The Hall–Kier alpha value is -1.22. The van der Waals surface area contributed by atoms with E-state index >= 15 is 0 Å². The SMILES string of the molecule is O=C(O)C(Cc1ccc(Cl)cc1)c1c(Cl)cccc1Cl. The summed E-state index contributed by atoms with van der Waals surface area (Å²) in [6.07, 6.45) is 0.302. The number of benzene rings is 2. The van der Waals surface area contributed by atoms with Gasteiger partial charge in [0.15, 0.2) is 0 Å². The number of hydrogen-bond acceptors (Lipinski definition) is 1. The van der Waals surface area contributed by atoms with Gasteiger partial charge in [0.1, 0.15) is 0 Å². The molecule has 0 aliphatic carbocycles. The Bertz CT molecular complexity index is 603. The first-order chi connectivity index (χ1) is 9.49. The molecule has 2 rings (SSSR count). The van der Waals surface area contributed by atoms with E-state index in [1.807, 2.05) is 0 Å². The van der Waals surface area contributed by atoms with Crippen LogP contribution in [0.4, 0.5) is 0 Å². The third-order valence-corrected chi connectivity index (χ3v) is 3.91. The minimum atomic E-state index is -0.963. The lowest BCUT2D eigenvalue weighted by Crippen LogP contribution is -2.15. The van der Waals surface area contributed by atoms with Crippen molar-refractivity contribution in [2.24, 2.45) is 0 Å². The van der Waals surface area contributed by atoms with Gasteiger partial charge < -0.3 is 5.11 Å². The molecule has 2 aromatic carbocycles. The normalized spacial score (nSPS) is 12.2. The van der Waals surface area contributed by atoms with E-state index < -0.39 is 11.9 Å². The Morgan fingerprint density at radius 1 is 1.00 bits per heavy atom. The molecule has 0 saturated heterocycles. The number of carbonyl (C=O) groups is 1. The van der Waals surface area contributed by atoms with Crippen LogP contribution in [-0.2, 0) is 11.2 Å². The van der Waals surface area contributed by atoms with Gasteiger partial charge in [-0.2, -0.15) is 0 Å². The molecule has 0 saturated carbocycles. The number of rotatable bonds is 4. The molecular weight excluding hydrogens is 319 g/mol. The molecule has 2 aromatic rings. The zero-order valence-corrected chi connectivity index (χ0v) is 12.6. The van der Waals surface area contributed by atoms with Gasteiger partial charge in [-0.1, -0.05) is 53.0 Å². The largest absolute Gasteiger partial charge is 0.481 e. The second-order valence-corrected chi connectivity index (χ2v) is 5.61. The predicted molar refractivity (Wildman–Crippen MR) is 82.0 cm³/mol. The standard InChI is InChI=1S/C15H11Cl3O2/c16-10-6-4-9(5-7-10)8-11(15(19)20)14-12(17)2-1-3-13(14)18/h1-7,11H,8H2,(H,19,20). The fourth-order valence-electron chi connectivity index (χ4n) is 2.01. The fourth-order valence-corrected chi connectivity index (χ4v) is 2.80. The molecule has 5 heteroatoms. The van der Waals surface area contributed by atoms with E-state index in [1.165, 1.54) is 0 Å². The van der Waals surface area contributed by atoms with Gasteiger partial charge in [-0.3, -0.25) is 4.79 Å². The van der Waals surface area contributed by atoms with Crippen LogP contribution < -0.4 is 0 Å². The Morgan fingerprint density at radius 2 is 1.55 bits per heavy atom. The molecule has 0 spiro atoms. The third kappa shape index (κ3) is 3.45. The minimum absolute atomic E-state index is 0.302. The van der Waals surface area contributed by atoms with Crippen LogP contribution in [-0.4, -0.2) is 11.1 Å². The van der Waals surface area contributed by atoms with Crippen LogP contribution in [0.25, 0.3) is 0 Å². The van der Waals surface area contributed by atoms with E-state index in [1.54, 1.807) is 42.5 Å². The predicted octanol–water partition coefficient (Wildman–Crippen LogP) is 5.06. The maximum absolute atomic E-state index is 11.5. The van der Waals surface area contributed by atoms with Crippen molar-refractivity contribution in [3.63, 3.8) is 0 Å². The van der Waals surface area contributed by atoms with Crippen LogP contribution in [0.2, 0.25) is 15.1 Å². The quantitative estimate of drug-likeness (QED) is 0.851. The molecule has 0 fully saturated rings. The summed E-state index contributed by atoms with van der Waals surface area (Å²) in [5.41, 5.74) is 1.30. The molecule has 0 aromatic heterocycles. The maximum atomic E-state index is 11.5. The lowest BCUT2D eigenvalue weighted by molar-refractivity contribution is -0.138. The van der Waals surface area contributed by atoms with Crippen LogP contribution in [0, 0.1) is 0 Å². The summed E-state index contributed by atoms with van der Waals surface area (Å²) in [5.74, 6) is -1.76. The van der Waals surface area contributed by atoms with Crippen molar-refractivity contribution in [1.29, 1.82) is 0 Å². The van der Waals surface area contributed by atoms with Gasteiger partial charge in [-0.25, -0.2) is 0 Å². The minimum Gasteiger partial charge on any atom is -0.481 e. The van der Waals surface area contributed by atoms with Crippen molar-refractivity contribution in [2.45, 2.75) is 12.3 Å². The van der Waals surface area contributed by atoms with Crippen LogP contribution in [0.5, 0.6) is 0 Å². The van der Waals surface area contributed by atoms with E-state index in [-0.39, 0.29) is 0 Å². The zero-order valence-electron chi connectivity index (χ0n) is 10.3. The molecule has 0 bridgehead atoms. The summed E-state index contributed by atoms with van der Waals surface area (Å²) in [5, 5.41) is 10.8. The molecule has 1 N–H and O–H groups in total. The van der Waals surface area contributed by atoms with E-state index in [9.17, 15) is 9.90 Å². The molecular formula is C15H11Cl3O2. The second-order valence-electron chi connectivity index (χ2n) is 4.36. The lowest BCUT2D eigenvalue weighted by atomic mass is 9.92. The average molecular weight is 330 g/mol. The number of halogens is 3. The Labute approximate surface area is 131 Å². The summed E-state index contributed by atoms with van der Waals surface area (Å²) in [7, 11) is 0. The van der Waals surface area contributed by atoms with Crippen molar-refractivity contribution < 1.29 is 9.90 Å². The lowest BCUT2D eigenvalue weighted by Gasteiger charge is -2.16. The Balaban J connectivity index is 2.37. The highest BCUT2D eigenvalue weighted by Crippen LogP contribution is 2.34. The van der Waals surface area contributed by atoms with Crippen LogP contribution in [0.1, 0.15) is 17.0 Å². The average Bonchev–Trinajstić information content (AvgIpc) is 2.39. The van der Waals surface area contributed by atoms with E-state index in [0.717, 1.165) is 5.56 Å². The molecule has 20 heavy (non-hydrogen) atoms. The van der Waals surface area contributed by atoms with Gasteiger partial charge in [-0.05, 0) is 36.2 Å². The van der Waals surface area contributed by atoms with Crippen molar-refractivity contribution in [3.05, 3.63) is 68.7 Å². The van der Waals surface area contributed by atoms with E-state index in [4.69, 9.17) is 34.8 Å². The smallest absolute Gasteiger partial charge is 0.311 e. The van der Waals surface area contributed by atoms with Crippen molar-refractivity contribution in [3.8, 4) is 0 Å². The first-order valence-electron chi connectivity index (χ1n) is 5.90. The number of aliphatic carboxylic acids is 1. The highest BCUT2D eigenvalue weighted by molar-refractivity contribution is 6.36. The van der Waals surface area contributed by atoms with E-state index in [2.05, 4.69) is 0 Å². The Morgan fingerprint density at radius 3 is 2.05 bits per heavy atom. The second kappa shape index (κ2) is 6.49. The van der Waals surface area contributed by atoms with Gasteiger partial charge in [-0.15, -0.1) is 0 Å². The molecule has 0 aliphatic heterocycles. The summed E-state index contributed by atoms with van der Waals surface area (Å²) in [6, 6.07) is 12.0. The molecule has 1 unspecified atom stereocenters.